The normalized spacial score (nSPS) is 31.9. The zero-order valence-corrected chi connectivity index (χ0v) is 9.56. The van der Waals surface area contributed by atoms with Crippen molar-refractivity contribution in [1.29, 1.82) is 0 Å². The van der Waals surface area contributed by atoms with E-state index >= 15 is 0 Å². The first-order valence-electron chi connectivity index (χ1n) is 6.06. The molecule has 1 aromatic rings. The number of phenolic OH excluding ortho intramolecular Hbond substituents is 1. The van der Waals surface area contributed by atoms with Gasteiger partial charge in [-0.25, -0.2) is 0 Å². The Hall–Kier alpha value is -1.31. The number of rotatable bonds is 2. The van der Waals surface area contributed by atoms with Crippen LogP contribution in [-0.4, -0.2) is 17.4 Å². The third-order valence-corrected chi connectivity index (χ3v) is 3.91. The maximum atomic E-state index is 9.84. The minimum Gasteiger partial charge on any atom is -0.507 e. The summed E-state index contributed by atoms with van der Waals surface area (Å²) in [6.07, 6.45) is 5.79. The molecule has 2 heteroatoms. The topological polar surface area (TPSA) is 32.6 Å². The summed E-state index contributed by atoms with van der Waals surface area (Å²) in [6.45, 7) is 1.91. The molecular formula is C14H17NO. The van der Waals surface area contributed by atoms with Gasteiger partial charge >= 0.3 is 0 Å². The average molecular weight is 215 g/mol. The predicted octanol–water partition coefficient (Wildman–Crippen LogP) is 2.92. The lowest BCUT2D eigenvalue weighted by Crippen LogP contribution is -2.01. The highest BCUT2D eigenvalue weighted by Crippen LogP contribution is 2.52. The highest BCUT2D eigenvalue weighted by atomic mass is 16.3. The molecule has 0 bridgehead atoms. The van der Waals surface area contributed by atoms with Gasteiger partial charge < -0.3 is 5.11 Å². The Bertz CT molecular complexity index is 428. The number of aromatic hydroxyl groups is 1. The molecule has 2 saturated carbocycles. The van der Waals surface area contributed by atoms with Gasteiger partial charge in [-0.2, -0.15) is 0 Å². The van der Waals surface area contributed by atoms with Crippen LogP contribution in [0.2, 0.25) is 0 Å². The molecule has 0 heterocycles. The molecule has 16 heavy (non-hydrogen) atoms. The Labute approximate surface area is 96.0 Å². The van der Waals surface area contributed by atoms with Gasteiger partial charge in [0, 0.05) is 11.8 Å². The van der Waals surface area contributed by atoms with E-state index in [1.165, 1.54) is 19.3 Å². The number of hydrogen-bond donors (Lipinski definition) is 1. The van der Waals surface area contributed by atoms with Crippen molar-refractivity contribution in [1.82, 2.24) is 0 Å². The summed E-state index contributed by atoms with van der Waals surface area (Å²) in [6, 6.07) is 6.30. The van der Waals surface area contributed by atoms with Gasteiger partial charge in [-0.1, -0.05) is 12.1 Å². The molecule has 0 amide bonds. The maximum absolute atomic E-state index is 9.84. The van der Waals surface area contributed by atoms with Crippen LogP contribution in [0, 0.1) is 18.8 Å². The first-order valence-corrected chi connectivity index (χ1v) is 6.06. The van der Waals surface area contributed by atoms with E-state index in [0.29, 0.717) is 11.8 Å². The number of aryl methyl sites for hydroxylation is 1. The van der Waals surface area contributed by atoms with E-state index in [4.69, 9.17) is 0 Å². The number of para-hydroxylation sites is 1. The molecule has 2 atom stereocenters. The number of nitrogens with zero attached hydrogens (tertiary/aromatic N) is 1. The fourth-order valence-corrected chi connectivity index (χ4v) is 2.78. The fraction of sp³-hybridized carbons (Fsp3) is 0.500. The SMILES string of the molecule is Cc1cccc(C=NC2CC3CC3C2)c1O. The van der Waals surface area contributed by atoms with Gasteiger partial charge in [-0.3, -0.25) is 4.99 Å². The van der Waals surface area contributed by atoms with Crippen LogP contribution in [0.15, 0.2) is 23.2 Å². The highest BCUT2D eigenvalue weighted by Gasteiger charge is 2.45. The lowest BCUT2D eigenvalue weighted by molar-refractivity contribution is 0.470. The quantitative estimate of drug-likeness (QED) is 0.756. The Morgan fingerprint density at radius 3 is 2.75 bits per heavy atom. The third kappa shape index (κ3) is 1.73. The van der Waals surface area contributed by atoms with E-state index in [9.17, 15) is 5.11 Å². The minimum absolute atomic E-state index is 0.370. The number of fused-ring (bicyclic) bond motifs is 1. The molecule has 2 aliphatic rings. The maximum Gasteiger partial charge on any atom is 0.127 e. The van der Waals surface area contributed by atoms with E-state index < -0.39 is 0 Å². The molecule has 3 rings (SSSR count). The molecular weight excluding hydrogens is 198 g/mol. The monoisotopic (exact) mass is 215 g/mol. The lowest BCUT2D eigenvalue weighted by Gasteiger charge is -2.06. The van der Waals surface area contributed by atoms with Crippen LogP contribution in [0.4, 0.5) is 0 Å². The summed E-state index contributed by atoms with van der Waals surface area (Å²) in [5, 5.41) is 9.84. The Morgan fingerprint density at radius 1 is 1.25 bits per heavy atom. The van der Waals surface area contributed by atoms with Gasteiger partial charge in [0.1, 0.15) is 5.75 Å². The van der Waals surface area contributed by atoms with Crippen molar-refractivity contribution in [2.24, 2.45) is 16.8 Å². The average Bonchev–Trinajstić information content (AvgIpc) is 2.89. The molecule has 2 aliphatic carbocycles. The summed E-state index contributed by atoms with van der Waals surface area (Å²) in [7, 11) is 0. The number of hydrogen-bond acceptors (Lipinski definition) is 2. The standard InChI is InChI=1S/C14H17NO/c1-9-3-2-4-10(14(9)16)8-15-13-6-11-5-12(11)7-13/h2-4,8,11-13,16H,5-7H2,1H3. The molecule has 0 radical (unpaired) electrons. The number of phenols is 1. The van der Waals surface area contributed by atoms with Gasteiger partial charge in [0.25, 0.3) is 0 Å². The van der Waals surface area contributed by atoms with Crippen molar-refractivity contribution in [3.8, 4) is 5.75 Å². The van der Waals surface area contributed by atoms with E-state index in [-0.39, 0.29) is 0 Å². The van der Waals surface area contributed by atoms with Crippen molar-refractivity contribution < 1.29 is 5.11 Å². The van der Waals surface area contributed by atoms with Crippen LogP contribution in [0.5, 0.6) is 5.75 Å². The van der Waals surface area contributed by atoms with Crippen molar-refractivity contribution in [3.63, 3.8) is 0 Å². The summed E-state index contributed by atoms with van der Waals surface area (Å²) in [5.41, 5.74) is 1.76. The highest BCUT2D eigenvalue weighted by molar-refractivity contribution is 5.84. The zero-order chi connectivity index (χ0) is 11.1. The summed E-state index contributed by atoms with van der Waals surface area (Å²) in [4.78, 5) is 4.59. The van der Waals surface area contributed by atoms with E-state index in [2.05, 4.69) is 4.99 Å². The first kappa shape index (κ1) is 9.88. The van der Waals surface area contributed by atoms with Crippen LogP contribution in [-0.2, 0) is 0 Å². The Kier molecular flexibility index (Phi) is 2.23. The summed E-state index contributed by atoms with van der Waals surface area (Å²) >= 11 is 0. The van der Waals surface area contributed by atoms with E-state index in [0.717, 1.165) is 23.0 Å². The number of benzene rings is 1. The molecule has 0 aliphatic heterocycles. The molecule has 0 saturated heterocycles. The van der Waals surface area contributed by atoms with Crippen LogP contribution >= 0.6 is 0 Å². The second-order valence-electron chi connectivity index (χ2n) is 5.17. The summed E-state index contributed by atoms with van der Waals surface area (Å²) < 4.78 is 0. The van der Waals surface area contributed by atoms with Gasteiger partial charge in [0.2, 0.25) is 0 Å². The molecule has 0 aromatic heterocycles. The number of aliphatic imine (C=N–C) groups is 1. The van der Waals surface area contributed by atoms with Gasteiger partial charge in [-0.15, -0.1) is 0 Å². The minimum atomic E-state index is 0.370. The molecule has 2 nitrogen and oxygen atoms in total. The molecule has 1 aromatic carbocycles. The van der Waals surface area contributed by atoms with E-state index in [1.807, 2.05) is 31.3 Å². The van der Waals surface area contributed by atoms with Crippen molar-refractivity contribution in [2.45, 2.75) is 32.2 Å². The van der Waals surface area contributed by atoms with Crippen LogP contribution in [0.1, 0.15) is 30.4 Å². The van der Waals surface area contributed by atoms with Crippen molar-refractivity contribution in [3.05, 3.63) is 29.3 Å². The lowest BCUT2D eigenvalue weighted by atomic mass is 10.1. The smallest absolute Gasteiger partial charge is 0.127 e. The second-order valence-corrected chi connectivity index (χ2v) is 5.17. The second kappa shape index (κ2) is 3.62. The van der Waals surface area contributed by atoms with Crippen LogP contribution in [0.25, 0.3) is 0 Å². The van der Waals surface area contributed by atoms with Crippen molar-refractivity contribution in [2.75, 3.05) is 0 Å². The zero-order valence-electron chi connectivity index (χ0n) is 9.56. The molecule has 84 valence electrons. The van der Waals surface area contributed by atoms with Gasteiger partial charge in [0.15, 0.2) is 0 Å². The fourth-order valence-electron chi connectivity index (χ4n) is 2.78. The van der Waals surface area contributed by atoms with Crippen LogP contribution < -0.4 is 0 Å². The molecule has 0 spiro atoms. The molecule has 1 N–H and O–H groups in total. The van der Waals surface area contributed by atoms with E-state index in [1.54, 1.807) is 0 Å². The van der Waals surface area contributed by atoms with Crippen molar-refractivity contribution >= 4 is 6.21 Å². The van der Waals surface area contributed by atoms with Gasteiger partial charge in [0.05, 0.1) is 6.04 Å². The van der Waals surface area contributed by atoms with Gasteiger partial charge in [-0.05, 0) is 49.7 Å². The predicted molar refractivity (Wildman–Crippen MR) is 65.1 cm³/mol. The molecule has 2 unspecified atom stereocenters. The Balaban J connectivity index is 1.73. The molecule has 2 fully saturated rings. The Morgan fingerprint density at radius 2 is 2.00 bits per heavy atom. The first-order chi connectivity index (χ1) is 7.74. The summed E-state index contributed by atoms with van der Waals surface area (Å²) in [5.74, 6) is 2.30. The third-order valence-electron chi connectivity index (χ3n) is 3.91. The van der Waals surface area contributed by atoms with Crippen LogP contribution in [0.3, 0.4) is 0 Å². The largest absolute Gasteiger partial charge is 0.507 e.